The maximum Gasteiger partial charge on any atom is 0.373 e. The van der Waals surface area contributed by atoms with E-state index in [1.807, 2.05) is 36.4 Å². The van der Waals surface area contributed by atoms with Gasteiger partial charge in [0.05, 0.1) is 4.92 Å². The lowest BCUT2D eigenvalue weighted by Crippen LogP contribution is -2.04. The molecule has 0 bridgehead atoms. The number of pyridine rings is 1. The van der Waals surface area contributed by atoms with Gasteiger partial charge in [0.1, 0.15) is 23.3 Å². The summed E-state index contributed by atoms with van der Waals surface area (Å²) in [6, 6.07) is 23.4. The van der Waals surface area contributed by atoms with E-state index >= 15 is 0 Å². The van der Waals surface area contributed by atoms with Crippen molar-refractivity contribution in [3.63, 3.8) is 0 Å². The Morgan fingerprint density at radius 1 is 0.829 bits per heavy atom. The van der Waals surface area contributed by atoms with Crippen molar-refractivity contribution in [3.05, 3.63) is 106 Å². The van der Waals surface area contributed by atoms with Gasteiger partial charge in [-0.2, -0.15) is 4.98 Å². The fraction of sp³-hybridized carbons (Fsp3) is 0. The second-order valence-corrected chi connectivity index (χ2v) is 8.10. The van der Waals surface area contributed by atoms with Crippen LogP contribution in [-0.4, -0.2) is 19.9 Å². The summed E-state index contributed by atoms with van der Waals surface area (Å²) >= 11 is 3.48. The van der Waals surface area contributed by atoms with Crippen LogP contribution in [0.5, 0.6) is 23.1 Å². The van der Waals surface area contributed by atoms with Gasteiger partial charge in [0.2, 0.25) is 5.82 Å². The average Bonchev–Trinajstić information content (AvgIpc) is 2.88. The Labute approximate surface area is 207 Å². The fourth-order valence-electron chi connectivity index (χ4n) is 3.36. The Balaban J connectivity index is 1.42. The van der Waals surface area contributed by atoms with E-state index in [0.29, 0.717) is 28.5 Å². The summed E-state index contributed by atoms with van der Waals surface area (Å²) < 4.78 is 12.5. The van der Waals surface area contributed by atoms with Gasteiger partial charge in [-0.15, -0.1) is 0 Å². The number of para-hydroxylation sites is 1. The number of nitrogens with zero attached hydrogens (tertiary/aromatic N) is 4. The van der Waals surface area contributed by atoms with Gasteiger partial charge in [-0.05, 0) is 54.6 Å². The van der Waals surface area contributed by atoms with E-state index in [9.17, 15) is 10.1 Å². The van der Waals surface area contributed by atoms with Crippen molar-refractivity contribution in [1.82, 2.24) is 15.0 Å². The number of halogens is 1. The zero-order valence-corrected chi connectivity index (χ0v) is 19.5. The van der Waals surface area contributed by atoms with Crippen molar-refractivity contribution >= 4 is 44.0 Å². The molecular formula is C25H16BrN5O4. The van der Waals surface area contributed by atoms with Gasteiger partial charge in [-0.25, -0.2) is 4.98 Å². The number of ether oxygens (including phenoxy) is 2. The summed E-state index contributed by atoms with van der Waals surface area (Å²) in [7, 11) is 0. The summed E-state index contributed by atoms with van der Waals surface area (Å²) in [6.07, 6.45) is 2.82. The van der Waals surface area contributed by atoms with Gasteiger partial charge >= 0.3 is 11.6 Å². The average molecular weight is 530 g/mol. The van der Waals surface area contributed by atoms with E-state index in [0.717, 1.165) is 9.86 Å². The Kier molecular flexibility index (Phi) is 6.18. The largest absolute Gasteiger partial charge is 0.457 e. The maximum atomic E-state index is 12.0. The number of fused-ring (bicyclic) bond motifs is 1. The molecule has 1 N–H and O–H groups in total. The topological polar surface area (TPSA) is 112 Å². The van der Waals surface area contributed by atoms with Crippen LogP contribution in [0.4, 0.5) is 17.2 Å². The molecule has 3 aromatic carbocycles. The summed E-state index contributed by atoms with van der Waals surface area (Å²) in [5.41, 5.74) is 0.719. The van der Waals surface area contributed by atoms with Crippen LogP contribution in [0.25, 0.3) is 10.9 Å². The molecule has 0 aliphatic carbocycles. The molecule has 9 nitrogen and oxygen atoms in total. The summed E-state index contributed by atoms with van der Waals surface area (Å²) in [6.45, 7) is 0. The van der Waals surface area contributed by atoms with E-state index in [1.54, 1.807) is 48.7 Å². The molecule has 35 heavy (non-hydrogen) atoms. The number of hydrogen-bond acceptors (Lipinski definition) is 8. The van der Waals surface area contributed by atoms with Crippen LogP contribution in [-0.2, 0) is 0 Å². The summed E-state index contributed by atoms with van der Waals surface area (Å²) in [5, 5.41) is 15.7. The molecule has 2 aromatic heterocycles. The van der Waals surface area contributed by atoms with Crippen molar-refractivity contribution in [2.45, 2.75) is 0 Å². The van der Waals surface area contributed by atoms with Crippen molar-refractivity contribution in [2.24, 2.45) is 0 Å². The van der Waals surface area contributed by atoms with Gasteiger partial charge in [-0.3, -0.25) is 15.1 Å². The number of benzene rings is 3. The van der Waals surface area contributed by atoms with Gasteiger partial charge in [0.15, 0.2) is 5.75 Å². The van der Waals surface area contributed by atoms with Crippen LogP contribution < -0.4 is 14.8 Å². The van der Waals surface area contributed by atoms with Crippen LogP contribution >= 0.6 is 15.9 Å². The first-order chi connectivity index (χ1) is 17.1. The molecule has 0 spiro atoms. The molecule has 0 amide bonds. The van der Waals surface area contributed by atoms with Crippen LogP contribution in [0.2, 0.25) is 0 Å². The lowest BCUT2D eigenvalue weighted by atomic mass is 10.2. The van der Waals surface area contributed by atoms with Crippen LogP contribution in [0, 0.1) is 10.1 Å². The molecule has 0 saturated carbocycles. The van der Waals surface area contributed by atoms with Crippen molar-refractivity contribution in [1.29, 1.82) is 0 Å². The first-order valence-electron chi connectivity index (χ1n) is 10.4. The number of anilines is 2. The first kappa shape index (κ1) is 22.2. The number of nitro groups is 1. The van der Waals surface area contributed by atoms with Gasteiger partial charge in [0, 0.05) is 21.7 Å². The van der Waals surface area contributed by atoms with Crippen molar-refractivity contribution < 1.29 is 14.4 Å². The Morgan fingerprint density at radius 3 is 2.37 bits per heavy atom. The van der Waals surface area contributed by atoms with Crippen LogP contribution in [0.1, 0.15) is 0 Å². The third-order valence-electron chi connectivity index (χ3n) is 4.95. The lowest BCUT2D eigenvalue weighted by molar-refractivity contribution is -0.385. The molecule has 5 rings (SSSR count). The van der Waals surface area contributed by atoms with Gasteiger partial charge in [0.25, 0.3) is 0 Å². The van der Waals surface area contributed by atoms with Crippen LogP contribution in [0.15, 0.2) is 95.9 Å². The zero-order chi connectivity index (χ0) is 24.2. The van der Waals surface area contributed by atoms with Crippen molar-refractivity contribution in [3.8, 4) is 23.1 Å². The van der Waals surface area contributed by atoms with Gasteiger partial charge in [-0.1, -0.05) is 40.2 Å². The van der Waals surface area contributed by atoms with E-state index in [2.05, 4.69) is 36.2 Å². The Morgan fingerprint density at radius 2 is 1.60 bits per heavy atom. The normalized spacial score (nSPS) is 10.7. The SMILES string of the molecule is O=[N+]([O-])c1c(Nc2ccc(Oc3ccccc3)cc2)ncnc1Oc1ccc(Br)c2cccnc12. The second-order valence-electron chi connectivity index (χ2n) is 7.24. The summed E-state index contributed by atoms with van der Waals surface area (Å²) in [4.78, 5) is 23.8. The van der Waals surface area contributed by atoms with E-state index in [-0.39, 0.29) is 11.7 Å². The molecule has 0 radical (unpaired) electrons. The molecule has 0 aliphatic rings. The quantitative estimate of drug-likeness (QED) is 0.176. The predicted octanol–water partition coefficient (Wildman–Crippen LogP) is 7.02. The number of aromatic nitrogens is 3. The van der Waals surface area contributed by atoms with Crippen LogP contribution in [0.3, 0.4) is 0 Å². The first-order valence-corrected chi connectivity index (χ1v) is 11.2. The maximum absolute atomic E-state index is 12.0. The Hall–Kier alpha value is -4.57. The predicted molar refractivity (Wildman–Crippen MR) is 134 cm³/mol. The molecule has 0 atom stereocenters. The zero-order valence-electron chi connectivity index (χ0n) is 18.0. The van der Waals surface area contributed by atoms with E-state index in [1.165, 1.54) is 6.33 Å². The lowest BCUT2D eigenvalue weighted by Gasteiger charge is -2.11. The monoisotopic (exact) mass is 529 g/mol. The number of nitrogens with one attached hydrogen (secondary N) is 1. The Bertz CT molecular complexity index is 1510. The standard InChI is InChI=1S/C25H16BrN5O4/c26-20-12-13-21(22-19(20)7-4-14-27-22)35-25-23(31(32)33)24(28-15-29-25)30-16-8-10-18(11-9-16)34-17-5-2-1-3-6-17/h1-15H,(H,28,29,30). The molecule has 10 heteroatoms. The molecule has 0 fully saturated rings. The highest BCUT2D eigenvalue weighted by molar-refractivity contribution is 9.10. The van der Waals surface area contributed by atoms with E-state index in [4.69, 9.17) is 9.47 Å². The third-order valence-corrected chi connectivity index (χ3v) is 5.64. The minimum absolute atomic E-state index is 0.00824. The highest BCUT2D eigenvalue weighted by Gasteiger charge is 2.26. The summed E-state index contributed by atoms with van der Waals surface area (Å²) in [5.74, 6) is 1.45. The van der Waals surface area contributed by atoms with Gasteiger partial charge < -0.3 is 14.8 Å². The minimum atomic E-state index is -0.584. The molecule has 172 valence electrons. The van der Waals surface area contributed by atoms with E-state index < -0.39 is 10.6 Å². The molecule has 0 unspecified atom stereocenters. The minimum Gasteiger partial charge on any atom is -0.457 e. The number of rotatable bonds is 7. The third kappa shape index (κ3) is 4.87. The highest BCUT2D eigenvalue weighted by Crippen LogP contribution is 2.38. The number of hydrogen-bond donors (Lipinski definition) is 1. The molecule has 2 heterocycles. The van der Waals surface area contributed by atoms with Crippen molar-refractivity contribution in [2.75, 3.05) is 5.32 Å². The molecular weight excluding hydrogens is 514 g/mol. The molecule has 5 aromatic rings. The second kappa shape index (κ2) is 9.74. The highest BCUT2D eigenvalue weighted by atomic mass is 79.9. The molecule has 0 aliphatic heterocycles. The molecule has 0 saturated heterocycles. The fourth-order valence-corrected chi connectivity index (χ4v) is 3.81. The smallest absolute Gasteiger partial charge is 0.373 e.